The summed E-state index contributed by atoms with van der Waals surface area (Å²) in [4.78, 5) is 9.33. The Morgan fingerprint density at radius 3 is 2.54 bits per heavy atom. The van der Waals surface area contributed by atoms with Crippen LogP contribution in [-0.4, -0.2) is 72.4 Å². The van der Waals surface area contributed by atoms with Crippen molar-refractivity contribution < 1.29 is 5.11 Å². The van der Waals surface area contributed by atoms with Gasteiger partial charge in [-0.15, -0.1) is 0 Å². The van der Waals surface area contributed by atoms with Crippen LogP contribution in [-0.2, 0) is 19.6 Å². The first-order chi connectivity index (χ1) is 12.3. The van der Waals surface area contributed by atoms with Crippen LogP contribution in [0.3, 0.4) is 0 Å². The van der Waals surface area contributed by atoms with E-state index in [9.17, 15) is 5.11 Å². The fourth-order valence-electron chi connectivity index (χ4n) is 3.38. The van der Waals surface area contributed by atoms with E-state index >= 15 is 0 Å². The summed E-state index contributed by atoms with van der Waals surface area (Å²) in [6, 6.07) is 6.06. The summed E-state index contributed by atoms with van der Waals surface area (Å²) in [6.45, 7) is 4.23. The van der Waals surface area contributed by atoms with Crippen molar-refractivity contribution in [2.45, 2.75) is 39.1 Å². The fraction of sp³-hybridized carbons (Fsp3) is 0.650. The number of nitrogens with one attached hydrogen (secondary N) is 1. The molecule has 0 unspecified atom stereocenters. The molecule has 2 N–H and O–H groups in total. The van der Waals surface area contributed by atoms with Crippen molar-refractivity contribution in [2.24, 2.45) is 5.92 Å². The summed E-state index contributed by atoms with van der Waals surface area (Å²) in [5.74, 6) is 1.65. The van der Waals surface area contributed by atoms with Crippen molar-refractivity contribution >= 4 is 11.0 Å². The fourth-order valence-corrected chi connectivity index (χ4v) is 3.38. The average Bonchev–Trinajstić information content (AvgIpc) is 2.93. The minimum atomic E-state index is 0.0627. The van der Waals surface area contributed by atoms with Crippen molar-refractivity contribution in [1.29, 1.82) is 0 Å². The molecule has 0 saturated carbocycles. The van der Waals surface area contributed by atoms with Crippen LogP contribution in [0.4, 0.5) is 0 Å². The maximum atomic E-state index is 9.49. The maximum absolute atomic E-state index is 9.49. The number of imidazole rings is 1. The molecule has 6 nitrogen and oxygen atoms in total. The van der Waals surface area contributed by atoms with E-state index in [1.807, 2.05) is 19.2 Å². The second kappa shape index (κ2) is 9.46. The topological polar surface area (TPSA) is 56.6 Å². The molecule has 146 valence electrons. The lowest BCUT2D eigenvalue weighted by atomic mass is 10.0. The van der Waals surface area contributed by atoms with E-state index in [0.29, 0.717) is 12.1 Å². The lowest BCUT2D eigenvalue weighted by molar-refractivity contribution is 0.217. The number of benzene rings is 1. The van der Waals surface area contributed by atoms with E-state index in [2.05, 4.69) is 60.9 Å². The number of hydrogen-bond acceptors (Lipinski definition) is 5. The molecular weight excluding hydrogens is 326 g/mol. The summed E-state index contributed by atoms with van der Waals surface area (Å²) in [6.07, 6.45) is 2.39. The summed E-state index contributed by atoms with van der Waals surface area (Å²) < 4.78 is 2.33. The number of aromatic nitrogens is 2. The SMILES string of the molecule is CN[C@@H](C[C@H](C)Cc1nc2ccc(CO)cc2n1CCN(C)C)N(C)C. The largest absolute Gasteiger partial charge is 0.392 e. The van der Waals surface area contributed by atoms with Gasteiger partial charge in [-0.05, 0) is 65.3 Å². The van der Waals surface area contributed by atoms with Crippen LogP contribution in [0.5, 0.6) is 0 Å². The Labute approximate surface area is 157 Å². The zero-order valence-electron chi connectivity index (χ0n) is 17.2. The van der Waals surface area contributed by atoms with Gasteiger partial charge in [-0.25, -0.2) is 4.98 Å². The van der Waals surface area contributed by atoms with Crippen LogP contribution >= 0.6 is 0 Å². The molecule has 0 radical (unpaired) electrons. The zero-order chi connectivity index (χ0) is 19.3. The highest BCUT2D eigenvalue weighted by molar-refractivity contribution is 5.77. The van der Waals surface area contributed by atoms with Gasteiger partial charge in [-0.3, -0.25) is 4.90 Å². The predicted molar refractivity (Wildman–Crippen MR) is 108 cm³/mol. The summed E-state index contributed by atoms with van der Waals surface area (Å²) in [7, 11) is 10.4. The number of likely N-dealkylation sites (N-methyl/N-ethyl adjacent to an activating group) is 1. The first kappa shape index (κ1) is 20.8. The predicted octanol–water partition coefficient (Wildman–Crippen LogP) is 1.77. The Balaban J connectivity index is 2.27. The lowest BCUT2D eigenvalue weighted by Crippen LogP contribution is -2.40. The van der Waals surface area contributed by atoms with Gasteiger partial charge in [0.1, 0.15) is 5.82 Å². The Hall–Kier alpha value is -1.47. The molecule has 0 saturated heterocycles. The third-order valence-electron chi connectivity index (χ3n) is 4.96. The van der Waals surface area contributed by atoms with Crippen molar-refractivity contribution in [3.05, 3.63) is 29.6 Å². The third kappa shape index (κ3) is 5.27. The highest BCUT2D eigenvalue weighted by Gasteiger charge is 2.18. The molecule has 0 spiro atoms. The normalized spacial score (nSPS) is 14.5. The third-order valence-corrected chi connectivity index (χ3v) is 4.96. The monoisotopic (exact) mass is 361 g/mol. The van der Waals surface area contributed by atoms with E-state index in [4.69, 9.17) is 4.98 Å². The number of aliphatic hydroxyl groups excluding tert-OH is 1. The zero-order valence-corrected chi connectivity index (χ0v) is 17.2. The number of rotatable bonds is 10. The van der Waals surface area contributed by atoms with Crippen LogP contribution in [0.15, 0.2) is 18.2 Å². The number of fused-ring (bicyclic) bond motifs is 1. The molecule has 0 amide bonds. The van der Waals surface area contributed by atoms with E-state index in [1.54, 1.807) is 0 Å². The molecule has 26 heavy (non-hydrogen) atoms. The second-order valence-electron chi connectivity index (χ2n) is 7.78. The highest BCUT2D eigenvalue weighted by atomic mass is 16.3. The lowest BCUT2D eigenvalue weighted by Gasteiger charge is -2.26. The van der Waals surface area contributed by atoms with Gasteiger partial charge in [0.15, 0.2) is 0 Å². The van der Waals surface area contributed by atoms with Crippen LogP contribution in [0.2, 0.25) is 0 Å². The molecular formula is C20H35N5O. The standard InChI is InChI=1S/C20H35N5O/c1-15(11-19(21-2)24(5)6)12-20-22-17-8-7-16(14-26)13-18(17)25(20)10-9-23(3)4/h7-8,13,15,19,21,26H,9-12,14H2,1-6H3/t15-,19+/m0/s1. The van der Waals surface area contributed by atoms with Crippen molar-refractivity contribution in [1.82, 2.24) is 24.7 Å². The Bertz CT molecular complexity index is 695. The van der Waals surface area contributed by atoms with Crippen LogP contribution < -0.4 is 5.32 Å². The minimum absolute atomic E-state index is 0.0627. The van der Waals surface area contributed by atoms with E-state index in [1.165, 1.54) is 0 Å². The first-order valence-corrected chi connectivity index (χ1v) is 9.43. The van der Waals surface area contributed by atoms with Crippen LogP contribution in [0, 0.1) is 5.92 Å². The van der Waals surface area contributed by atoms with Crippen LogP contribution in [0.25, 0.3) is 11.0 Å². The molecule has 0 aliphatic heterocycles. The van der Waals surface area contributed by atoms with Gasteiger partial charge in [0.25, 0.3) is 0 Å². The van der Waals surface area contributed by atoms with Gasteiger partial charge >= 0.3 is 0 Å². The van der Waals surface area contributed by atoms with Gasteiger partial charge in [-0.1, -0.05) is 13.0 Å². The smallest absolute Gasteiger partial charge is 0.110 e. The molecule has 0 aliphatic carbocycles. The molecule has 2 atom stereocenters. The number of nitrogens with zero attached hydrogens (tertiary/aromatic N) is 4. The minimum Gasteiger partial charge on any atom is -0.392 e. The highest BCUT2D eigenvalue weighted by Crippen LogP contribution is 2.22. The molecule has 1 heterocycles. The average molecular weight is 362 g/mol. The summed E-state index contributed by atoms with van der Waals surface area (Å²) >= 11 is 0. The van der Waals surface area contributed by atoms with Crippen molar-refractivity contribution in [3.8, 4) is 0 Å². The Kier molecular flexibility index (Phi) is 7.58. The number of aliphatic hydroxyl groups is 1. The maximum Gasteiger partial charge on any atom is 0.110 e. The van der Waals surface area contributed by atoms with Crippen molar-refractivity contribution in [3.63, 3.8) is 0 Å². The number of hydrogen-bond donors (Lipinski definition) is 2. The van der Waals surface area contributed by atoms with E-state index in [-0.39, 0.29) is 6.61 Å². The second-order valence-corrected chi connectivity index (χ2v) is 7.78. The molecule has 0 bridgehead atoms. The van der Waals surface area contributed by atoms with Crippen LogP contribution in [0.1, 0.15) is 24.7 Å². The molecule has 2 rings (SSSR count). The van der Waals surface area contributed by atoms with Gasteiger partial charge < -0.3 is 19.9 Å². The molecule has 0 aliphatic rings. The van der Waals surface area contributed by atoms with Gasteiger partial charge in [0.05, 0.1) is 23.8 Å². The molecule has 1 aromatic carbocycles. The quantitative estimate of drug-likeness (QED) is 0.632. The van der Waals surface area contributed by atoms with E-state index in [0.717, 1.165) is 48.4 Å². The summed E-state index contributed by atoms with van der Waals surface area (Å²) in [5, 5.41) is 12.9. The van der Waals surface area contributed by atoms with Gasteiger partial charge in [-0.2, -0.15) is 0 Å². The summed E-state index contributed by atoms with van der Waals surface area (Å²) in [5.41, 5.74) is 3.07. The first-order valence-electron chi connectivity index (χ1n) is 9.43. The Morgan fingerprint density at radius 1 is 1.23 bits per heavy atom. The van der Waals surface area contributed by atoms with E-state index < -0.39 is 0 Å². The van der Waals surface area contributed by atoms with Crippen molar-refractivity contribution in [2.75, 3.05) is 41.8 Å². The van der Waals surface area contributed by atoms with Gasteiger partial charge in [0, 0.05) is 19.5 Å². The molecule has 2 aromatic rings. The Morgan fingerprint density at radius 2 is 1.96 bits per heavy atom. The van der Waals surface area contributed by atoms with Gasteiger partial charge in [0.2, 0.25) is 0 Å². The molecule has 6 heteroatoms. The molecule has 1 aromatic heterocycles. The molecule has 0 fully saturated rings.